The van der Waals surface area contributed by atoms with E-state index in [1.165, 1.54) is 10.5 Å². The van der Waals surface area contributed by atoms with E-state index in [0.717, 1.165) is 11.1 Å². The van der Waals surface area contributed by atoms with Gasteiger partial charge in [-0.1, -0.05) is 31.5 Å². The van der Waals surface area contributed by atoms with E-state index >= 15 is 0 Å². The molecule has 28 heavy (non-hydrogen) atoms. The fourth-order valence-corrected chi connectivity index (χ4v) is 2.93. The number of carbonyl (C=O) groups is 1. The first kappa shape index (κ1) is 19.9. The van der Waals surface area contributed by atoms with Gasteiger partial charge in [-0.05, 0) is 48.2 Å². The first-order chi connectivity index (χ1) is 13.3. The van der Waals surface area contributed by atoms with Gasteiger partial charge in [0.25, 0.3) is 5.56 Å². The summed E-state index contributed by atoms with van der Waals surface area (Å²) in [5, 5.41) is 0.660. The molecule has 146 valence electrons. The van der Waals surface area contributed by atoms with Gasteiger partial charge in [-0.25, -0.2) is 9.78 Å². The minimum absolute atomic E-state index is 0.0977. The summed E-state index contributed by atoms with van der Waals surface area (Å²) >= 11 is 6.18. The van der Waals surface area contributed by atoms with Crippen LogP contribution in [0.4, 0.5) is 0 Å². The molecule has 0 aliphatic carbocycles. The molecular formula is C21H21ClN2O4. The first-order valence-corrected chi connectivity index (χ1v) is 9.28. The Morgan fingerprint density at radius 2 is 2.04 bits per heavy atom. The molecule has 0 aliphatic rings. The van der Waals surface area contributed by atoms with Crippen molar-refractivity contribution >= 4 is 23.2 Å². The van der Waals surface area contributed by atoms with Gasteiger partial charge >= 0.3 is 5.97 Å². The maximum absolute atomic E-state index is 12.1. The van der Waals surface area contributed by atoms with E-state index in [4.69, 9.17) is 21.1 Å². The summed E-state index contributed by atoms with van der Waals surface area (Å²) in [6.45, 7) is 5.58. The van der Waals surface area contributed by atoms with Gasteiger partial charge in [0.15, 0.2) is 6.61 Å². The van der Waals surface area contributed by atoms with E-state index in [0.29, 0.717) is 22.1 Å². The Balaban J connectivity index is 1.64. The predicted molar refractivity (Wildman–Crippen MR) is 107 cm³/mol. The van der Waals surface area contributed by atoms with Crippen LogP contribution in [0.15, 0.2) is 47.4 Å². The number of esters is 1. The van der Waals surface area contributed by atoms with Gasteiger partial charge in [-0.15, -0.1) is 0 Å². The summed E-state index contributed by atoms with van der Waals surface area (Å²) in [6.07, 6.45) is 1.63. The monoisotopic (exact) mass is 400 g/mol. The third kappa shape index (κ3) is 4.51. The molecule has 1 aromatic carbocycles. The lowest BCUT2D eigenvalue weighted by atomic mass is 10.0. The molecule has 0 atom stereocenters. The third-order valence-corrected chi connectivity index (χ3v) is 4.67. The summed E-state index contributed by atoms with van der Waals surface area (Å²) < 4.78 is 12.3. The number of rotatable bonds is 6. The fraction of sp³-hybridized carbons (Fsp3) is 0.286. The SMILES string of the molecule is Cc1cc(OCC(=O)OCc2cc(=O)n3ccccc3n2)c(C(C)C)cc1Cl. The molecule has 3 aromatic rings. The molecule has 0 aliphatic heterocycles. The Hall–Kier alpha value is -2.86. The molecule has 6 nitrogen and oxygen atoms in total. The number of ether oxygens (including phenoxy) is 2. The van der Waals surface area contributed by atoms with E-state index in [2.05, 4.69) is 4.98 Å². The standard InChI is InChI=1S/C21H21ClN2O4/c1-13(2)16-10-17(22)14(3)8-18(16)27-12-21(26)28-11-15-9-20(25)24-7-5-4-6-19(24)23-15/h4-10,13H,11-12H2,1-3H3. The zero-order valence-electron chi connectivity index (χ0n) is 15.9. The van der Waals surface area contributed by atoms with Gasteiger partial charge in [0, 0.05) is 17.3 Å². The van der Waals surface area contributed by atoms with Crippen LogP contribution in [0.25, 0.3) is 5.65 Å². The van der Waals surface area contributed by atoms with Crippen LogP contribution in [0.5, 0.6) is 5.75 Å². The van der Waals surface area contributed by atoms with Crippen LogP contribution >= 0.6 is 11.6 Å². The third-order valence-electron chi connectivity index (χ3n) is 4.26. The highest BCUT2D eigenvalue weighted by Crippen LogP contribution is 2.32. The number of halogens is 1. The Labute approximate surface area is 167 Å². The number of fused-ring (bicyclic) bond motifs is 1. The number of aryl methyl sites for hydroxylation is 1. The first-order valence-electron chi connectivity index (χ1n) is 8.91. The molecule has 0 fully saturated rings. The van der Waals surface area contributed by atoms with Gasteiger partial charge in [0.1, 0.15) is 18.0 Å². The van der Waals surface area contributed by atoms with Crippen molar-refractivity contribution in [2.75, 3.05) is 6.61 Å². The van der Waals surface area contributed by atoms with Gasteiger partial charge in [0.2, 0.25) is 0 Å². The average molecular weight is 401 g/mol. The Morgan fingerprint density at radius 1 is 1.25 bits per heavy atom. The minimum Gasteiger partial charge on any atom is -0.482 e. The topological polar surface area (TPSA) is 69.9 Å². The maximum Gasteiger partial charge on any atom is 0.344 e. The number of nitrogens with zero attached hydrogens (tertiary/aromatic N) is 2. The number of pyridine rings is 1. The number of hydrogen-bond acceptors (Lipinski definition) is 5. The average Bonchev–Trinajstić information content (AvgIpc) is 2.66. The molecular weight excluding hydrogens is 380 g/mol. The van der Waals surface area contributed by atoms with E-state index in [1.54, 1.807) is 24.4 Å². The summed E-state index contributed by atoms with van der Waals surface area (Å²) in [5.41, 5.74) is 2.44. The Kier molecular flexibility index (Phi) is 5.99. The second-order valence-corrected chi connectivity index (χ2v) is 7.17. The second kappa shape index (κ2) is 8.44. The van der Waals surface area contributed by atoms with Crippen LogP contribution in [0.2, 0.25) is 5.02 Å². The molecule has 0 amide bonds. The van der Waals surface area contributed by atoms with Gasteiger partial charge in [-0.3, -0.25) is 9.20 Å². The lowest BCUT2D eigenvalue weighted by molar-refractivity contribution is -0.147. The van der Waals surface area contributed by atoms with Crippen molar-refractivity contribution in [2.24, 2.45) is 0 Å². The normalized spacial score (nSPS) is 11.0. The number of carbonyl (C=O) groups excluding carboxylic acids is 1. The summed E-state index contributed by atoms with van der Waals surface area (Å²) in [5.74, 6) is 0.257. The van der Waals surface area contributed by atoms with Crippen LogP contribution < -0.4 is 10.3 Å². The van der Waals surface area contributed by atoms with E-state index in [-0.39, 0.29) is 24.7 Å². The number of hydrogen-bond donors (Lipinski definition) is 0. The second-order valence-electron chi connectivity index (χ2n) is 6.76. The molecule has 0 spiro atoms. The van der Waals surface area contributed by atoms with Crippen LogP contribution in [0.1, 0.15) is 36.6 Å². The van der Waals surface area contributed by atoms with Crippen molar-refractivity contribution in [1.29, 1.82) is 0 Å². The molecule has 0 N–H and O–H groups in total. The predicted octanol–water partition coefficient (Wildman–Crippen LogP) is 3.90. The quantitative estimate of drug-likeness (QED) is 0.587. The highest BCUT2D eigenvalue weighted by Gasteiger charge is 2.13. The van der Waals surface area contributed by atoms with Crippen molar-refractivity contribution in [1.82, 2.24) is 9.38 Å². The van der Waals surface area contributed by atoms with Gasteiger partial charge < -0.3 is 9.47 Å². The smallest absolute Gasteiger partial charge is 0.344 e. The summed E-state index contributed by atoms with van der Waals surface area (Å²) in [4.78, 5) is 28.5. The van der Waals surface area contributed by atoms with E-state index in [1.807, 2.05) is 32.9 Å². The molecule has 0 radical (unpaired) electrons. The van der Waals surface area contributed by atoms with Crippen LogP contribution in [0.3, 0.4) is 0 Å². The van der Waals surface area contributed by atoms with E-state index < -0.39 is 5.97 Å². The van der Waals surface area contributed by atoms with Crippen molar-refractivity contribution in [3.63, 3.8) is 0 Å². The van der Waals surface area contributed by atoms with Crippen molar-refractivity contribution in [3.8, 4) is 5.75 Å². The van der Waals surface area contributed by atoms with Crippen molar-refractivity contribution in [3.05, 3.63) is 74.8 Å². The van der Waals surface area contributed by atoms with Crippen molar-refractivity contribution < 1.29 is 14.3 Å². The Morgan fingerprint density at radius 3 is 2.79 bits per heavy atom. The van der Waals surface area contributed by atoms with Gasteiger partial charge in [-0.2, -0.15) is 0 Å². The fourth-order valence-electron chi connectivity index (χ4n) is 2.76. The molecule has 0 bridgehead atoms. The maximum atomic E-state index is 12.1. The molecule has 0 saturated carbocycles. The minimum atomic E-state index is -0.544. The van der Waals surface area contributed by atoms with Crippen LogP contribution in [-0.4, -0.2) is 22.0 Å². The lowest BCUT2D eigenvalue weighted by Crippen LogP contribution is -2.18. The summed E-state index contributed by atoms with van der Waals surface area (Å²) in [6, 6.07) is 10.3. The lowest BCUT2D eigenvalue weighted by Gasteiger charge is -2.15. The zero-order valence-corrected chi connectivity index (χ0v) is 16.7. The zero-order chi connectivity index (χ0) is 20.3. The van der Waals surface area contributed by atoms with Crippen molar-refractivity contribution in [2.45, 2.75) is 33.3 Å². The number of aromatic nitrogens is 2. The molecule has 2 aromatic heterocycles. The van der Waals surface area contributed by atoms with Gasteiger partial charge in [0.05, 0.1) is 5.69 Å². The number of benzene rings is 1. The van der Waals surface area contributed by atoms with Crippen LogP contribution in [-0.2, 0) is 16.1 Å². The highest BCUT2D eigenvalue weighted by atomic mass is 35.5. The molecule has 0 unspecified atom stereocenters. The Bertz CT molecular complexity index is 1080. The highest BCUT2D eigenvalue weighted by molar-refractivity contribution is 6.31. The van der Waals surface area contributed by atoms with E-state index in [9.17, 15) is 9.59 Å². The van der Waals surface area contributed by atoms with Crippen LogP contribution in [0, 0.1) is 6.92 Å². The molecule has 2 heterocycles. The largest absolute Gasteiger partial charge is 0.482 e. The summed E-state index contributed by atoms with van der Waals surface area (Å²) in [7, 11) is 0. The molecule has 7 heteroatoms. The molecule has 0 saturated heterocycles. The molecule has 3 rings (SSSR count).